The van der Waals surface area contributed by atoms with Gasteiger partial charge in [-0.2, -0.15) is 13.2 Å². The largest absolute Gasteiger partial charge is 0.480 e. The summed E-state index contributed by atoms with van der Waals surface area (Å²) in [7, 11) is 0. The summed E-state index contributed by atoms with van der Waals surface area (Å²) < 4.78 is 38.6. The number of hydrogen-bond donors (Lipinski definition) is 4. The Balaban J connectivity index is 2.50. The quantitative estimate of drug-likeness (QED) is 0.473. The Kier molecular flexibility index (Phi) is 8.36. The van der Waals surface area contributed by atoms with Crippen LogP contribution < -0.4 is 16.4 Å². The first-order valence-electron chi connectivity index (χ1n) is 7.83. The first-order valence-corrected chi connectivity index (χ1v) is 7.83. The van der Waals surface area contributed by atoms with Gasteiger partial charge in [0.15, 0.2) is 0 Å². The van der Waals surface area contributed by atoms with Crippen molar-refractivity contribution in [3.05, 3.63) is 35.4 Å². The zero-order valence-electron chi connectivity index (χ0n) is 13.6. The number of benzene rings is 1. The van der Waals surface area contributed by atoms with Gasteiger partial charge < -0.3 is 21.5 Å². The molecule has 0 aromatic heterocycles. The van der Waals surface area contributed by atoms with Crippen LogP contribution >= 0.6 is 0 Å². The molecule has 0 heterocycles. The molecule has 0 aliphatic rings. The molecule has 0 aliphatic carbocycles. The first kappa shape index (κ1) is 20.9. The van der Waals surface area contributed by atoms with Gasteiger partial charge in [-0.15, -0.1) is 0 Å². The Hall–Kier alpha value is -2.13. The van der Waals surface area contributed by atoms with Crippen molar-refractivity contribution in [1.82, 2.24) is 10.6 Å². The number of alkyl halides is 3. The normalized spacial score (nSPS) is 12.6. The van der Waals surface area contributed by atoms with E-state index in [0.29, 0.717) is 19.4 Å². The molecule has 1 rings (SSSR count). The molecule has 1 amide bonds. The van der Waals surface area contributed by atoms with Crippen molar-refractivity contribution in [2.75, 3.05) is 13.1 Å². The highest BCUT2D eigenvalue weighted by Crippen LogP contribution is 2.31. The van der Waals surface area contributed by atoms with Crippen LogP contribution in [0, 0.1) is 0 Å². The molecule has 0 radical (unpaired) electrons. The second-order valence-electron chi connectivity index (χ2n) is 5.50. The molecule has 0 aliphatic heterocycles. The average molecular weight is 361 g/mol. The van der Waals surface area contributed by atoms with Gasteiger partial charge in [0.25, 0.3) is 0 Å². The number of carbonyl (C=O) groups is 2. The number of aliphatic carboxylic acids is 1. The summed E-state index contributed by atoms with van der Waals surface area (Å²) in [5, 5.41) is 14.0. The van der Waals surface area contributed by atoms with Crippen molar-refractivity contribution >= 4 is 11.9 Å². The van der Waals surface area contributed by atoms with E-state index < -0.39 is 29.7 Å². The highest BCUT2D eigenvalue weighted by molar-refractivity contribution is 5.84. The maximum absolute atomic E-state index is 12.9. The molecule has 9 heteroatoms. The molecule has 140 valence electrons. The number of carboxylic acid groups (broad SMARTS) is 1. The van der Waals surface area contributed by atoms with E-state index in [0.717, 1.165) is 6.07 Å². The van der Waals surface area contributed by atoms with Gasteiger partial charge in [0, 0.05) is 6.54 Å². The van der Waals surface area contributed by atoms with Crippen LogP contribution in [0.4, 0.5) is 13.2 Å². The lowest BCUT2D eigenvalue weighted by atomic mass is 10.1. The third kappa shape index (κ3) is 7.53. The number of unbranched alkanes of at least 4 members (excludes halogenated alkanes) is 1. The number of carboxylic acids is 1. The molecule has 0 bridgehead atoms. The number of amides is 1. The maximum Gasteiger partial charge on any atom is 0.416 e. The SMILES string of the molecule is NCCCC[C@H](NC(=O)CNCc1ccccc1C(F)(F)F)C(=O)O. The van der Waals surface area contributed by atoms with Crippen molar-refractivity contribution in [3.8, 4) is 0 Å². The Morgan fingerprint density at radius 1 is 1.20 bits per heavy atom. The molecule has 0 unspecified atom stereocenters. The maximum atomic E-state index is 12.9. The van der Waals surface area contributed by atoms with Gasteiger partial charge in [0.1, 0.15) is 6.04 Å². The minimum Gasteiger partial charge on any atom is -0.480 e. The Bertz CT molecular complexity index is 579. The van der Waals surface area contributed by atoms with Crippen LogP contribution in [-0.4, -0.2) is 36.1 Å². The Labute approximate surface area is 143 Å². The van der Waals surface area contributed by atoms with Crippen molar-refractivity contribution in [2.45, 2.75) is 38.0 Å². The molecule has 0 spiro atoms. The van der Waals surface area contributed by atoms with Crippen molar-refractivity contribution in [1.29, 1.82) is 0 Å². The van der Waals surface area contributed by atoms with Crippen LogP contribution in [0.25, 0.3) is 0 Å². The summed E-state index contributed by atoms with van der Waals surface area (Å²) in [4.78, 5) is 22.9. The van der Waals surface area contributed by atoms with E-state index >= 15 is 0 Å². The zero-order chi connectivity index (χ0) is 18.9. The number of nitrogens with two attached hydrogens (primary N) is 1. The minimum absolute atomic E-state index is 0.0144. The van der Waals surface area contributed by atoms with E-state index in [1.54, 1.807) is 0 Å². The summed E-state index contributed by atoms with van der Waals surface area (Å²) in [5.74, 6) is -1.75. The highest BCUT2D eigenvalue weighted by atomic mass is 19.4. The van der Waals surface area contributed by atoms with Crippen molar-refractivity contribution in [3.63, 3.8) is 0 Å². The average Bonchev–Trinajstić information content (AvgIpc) is 2.53. The second-order valence-corrected chi connectivity index (χ2v) is 5.50. The number of rotatable bonds is 10. The standard InChI is InChI=1S/C16H22F3N3O3/c17-16(18,19)12-6-2-1-5-11(12)9-21-10-14(23)22-13(15(24)25)7-3-4-8-20/h1-2,5-6,13,21H,3-4,7-10,20H2,(H,22,23)(H,24,25)/t13-/m0/s1. The number of nitrogens with one attached hydrogen (secondary N) is 2. The van der Waals surface area contributed by atoms with E-state index in [4.69, 9.17) is 10.8 Å². The third-order valence-electron chi connectivity index (χ3n) is 3.50. The molecule has 1 atom stereocenters. The number of hydrogen-bond acceptors (Lipinski definition) is 4. The second kappa shape index (κ2) is 10.00. The van der Waals surface area contributed by atoms with Crippen LogP contribution in [0.1, 0.15) is 30.4 Å². The summed E-state index contributed by atoms with van der Waals surface area (Å²) >= 11 is 0. The van der Waals surface area contributed by atoms with E-state index in [9.17, 15) is 22.8 Å². The van der Waals surface area contributed by atoms with E-state index in [2.05, 4.69) is 10.6 Å². The predicted molar refractivity (Wildman–Crippen MR) is 85.6 cm³/mol. The van der Waals surface area contributed by atoms with Gasteiger partial charge in [-0.05, 0) is 37.4 Å². The number of carbonyl (C=O) groups excluding carboxylic acids is 1. The van der Waals surface area contributed by atoms with Crippen molar-refractivity contribution in [2.24, 2.45) is 5.73 Å². The minimum atomic E-state index is -4.47. The molecule has 6 nitrogen and oxygen atoms in total. The van der Waals surface area contributed by atoms with Crippen LogP contribution in [0.3, 0.4) is 0 Å². The summed E-state index contributed by atoms with van der Waals surface area (Å²) in [6.07, 6.45) is -3.03. The lowest BCUT2D eigenvalue weighted by Crippen LogP contribution is -2.44. The van der Waals surface area contributed by atoms with E-state index in [-0.39, 0.29) is 25.1 Å². The predicted octanol–water partition coefficient (Wildman–Crippen LogP) is 1.49. The Morgan fingerprint density at radius 3 is 2.48 bits per heavy atom. The fourth-order valence-corrected chi connectivity index (χ4v) is 2.26. The van der Waals surface area contributed by atoms with Crippen molar-refractivity contribution < 1.29 is 27.9 Å². The van der Waals surface area contributed by atoms with Crippen LogP contribution in [-0.2, 0) is 22.3 Å². The summed E-state index contributed by atoms with van der Waals surface area (Å²) in [5.41, 5.74) is 4.58. The molecule has 1 aromatic carbocycles. The van der Waals surface area contributed by atoms with Crippen LogP contribution in [0.15, 0.2) is 24.3 Å². The smallest absolute Gasteiger partial charge is 0.416 e. The highest BCUT2D eigenvalue weighted by Gasteiger charge is 2.32. The lowest BCUT2D eigenvalue weighted by molar-refractivity contribution is -0.142. The molecule has 5 N–H and O–H groups in total. The topological polar surface area (TPSA) is 104 Å². The Morgan fingerprint density at radius 2 is 1.88 bits per heavy atom. The van der Waals surface area contributed by atoms with E-state index in [1.165, 1.54) is 18.2 Å². The van der Waals surface area contributed by atoms with Gasteiger partial charge in [-0.3, -0.25) is 4.79 Å². The van der Waals surface area contributed by atoms with Gasteiger partial charge >= 0.3 is 12.1 Å². The monoisotopic (exact) mass is 361 g/mol. The molecule has 0 saturated heterocycles. The fraction of sp³-hybridized carbons (Fsp3) is 0.500. The third-order valence-corrected chi connectivity index (χ3v) is 3.50. The fourth-order valence-electron chi connectivity index (χ4n) is 2.26. The lowest BCUT2D eigenvalue weighted by Gasteiger charge is -2.15. The number of halogens is 3. The van der Waals surface area contributed by atoms with Gasteiger partial charge in [0.05, 0.1) is 12.1 Å². The summed E-state index contributed by atoms with van der Waals surface area (Å²) in [6, 6.07) is 4.01. The molecular weight excluding hydrogens is 339 g/mol. The summed E-state index contributed by atoms with van der Waals surface area (Å²) in [6.45, 7) is -0.0126. The zero-order valence-corrected chi connectivity index (χ0v) is 13.6. The van der Waals surface area contributed by atoms with Gasteiger partial charge in [-0.1, -0.05) is 18.2 Å². The van der Waals surface area contributed by atoms with Crippen LogP contribution in [0.2, 0.25) is 0 Å². The van der Waals surface area contributed by atoms with E-state index in [1.807, 2.05) is 0 Å². The molecular formula is C16H22F3N3O3. The molecule has 0 saturated carbocycles. The van der Waals surface area contributed by atoms with Gasteiger partial charge in [0.2, 0.25) is 5.91 Å². The molecule has 0 fully saturated rings. The molecule has 25 heavy (non-hydrogen) atoms. The first-order chi connectivity index (χ1) is 11.8. The van der Waals surface area contributed by atoms with Crippen LogP contribution in [0.5, 0.6) is 0 Å². The van der Waals surface area contributed by atoms with Gasteiger partial charge in [-0.25, -0.2) is 4.79 Å². The molecule has 1 aromatic rings.